The number of benzene rings is 1. The van der Waals surface area contributed by atoms with Crippen molar-refractivity contribution >= 4 is 17.5 Å². The highest BCUT2D eigenvalue weighted by atomic mass is 32.2. The molecule has 3 saturated carbocycles. The van der Waals surface area contributed by atoms with Crippen LogP contribution in [-0.2, 0) is 9.53 Å². The quantitative estimate of drug-likeness (QED) is 0.314. The lowest BCUT2D eigenvalue weighted by Gasteiger charge is -2.62. The van der Waals surface area contributed by atoms with Gasteiger partial charge in [0.2, 0.25) is 0 Å². The summed E-state index contributed by atoms with van der Waals surface area (Å²) in [7, 11) is 0. The Labute approximate surface area is 250 Å². The van der Waals surface area contributed by atoms with E-state index in [0.717, 1.165) is 25.7 Å². The third-order valence-corrected chi connectivity index (χ3v) is 14.4. The molecule has 9 unspecified atom stereocenters. The molecule has 4 fully saturated rings. The maximum Gasteiger partial charge on any atom is 0.277 e. The Bertz CT molecular complexity index is 1170. The predicted octanol–water partition coefficient (Wildman–Crippen LogP) is 6.31. The zero-order valence-corrected chi connectivity index (χ0v) is 26.6. The number of ketones is 1. The number of thioether (sulfide) groups is 1. The van der Waals surface area contributed by atoms with Gasteiger partial charge in [-0.15, -0.1) is 11.8 Å². The van der Waals surface area contributed by atoms with Crippen LogP contribution in [0.1, 0.15) is 86.5 Å². The van der Waals surface area contributed by atoms with Crippen molar-refractivity contribution in [3.05, 3.63) is 42.0 Å². The van der Waals surface area contributed by atoms with Gasteiger partial charge in [-0.05, 0) is 87.2 Å². The number of Topliss-reactive ketones (excluding diaryl/α,β-unsaturated/α-hetero) is 1. The summed E-state index contributed by atoms with van der Waals surface area (Å²) in [5.41, 5.74) is -0.393. The molecule has 1 saturated heterocycles. The summed E-state index contributed by atoms with van der Waals surface area (Å²) in [6.45, 7) is 12.9. The van der Waals surface area contributed by atoms with Crippen molar-refractivity contribution in [2.75, 3.05) is 0 Å². The van der Waals surface area contributed by atoms with E-state index >= 15 is 0 Å². The molecule has 5 aliphatic rings. The number of aliphatic hydroxyl groups is 4. The van der Waals surface area contributed by atoms with Gasteiger partial charge in [-0.1, -0.05) is 57.5 Å². The van der Waals surface area contributed by atoms with Gasteiger partial charge in [0, 0.05) is 29.1 Å². The molecular weight excluding hydrogens is 532 g/mol. The summed E-state index contributed by atoms with van der Waals surface area (Å²) >= 11 is 1.91. The van der Waals surface area contributed by atoms with Crippen LogP contribution >= 0.6 is 11.8 Å². The molecular formula is C35H51O5S+. The Kier molecular flexibility index (Phi) is 7.84. The average molecular weight is 584 g/mol. The third-order valence-electron chi connectivity index (χ3n) is 13.0. The van der Waals surface area contributed by atoms with Crippen molar-refractivity contribution in [3.63, 3.8) is 0 Å². The third kappa shape index (κ3) is 4.61. The summed E-state index contributed by atoms with van der Waals surface area (Å²) < 4.78 is 12.1. The highest BCUT2D eigenvalue weighted by molar-refractivity contribution is 8.00. The van der Waals surface area contributed by atoms with Crippen LogP contribution in [0.3, 0.4) is 0 Å². The van der Waals surface area contributed by atoms with Crippen molar-refractivity contribution in [2.24, 2.45) is 40.4 Å². The van der Waals surface area contributed by atoms with E-state index in [4.69, 9.17) is 9.47 Å². The molecule has 13 atom stereocenters. The standard InChI is InChI=1S/C35H50O5S/c1-20-21(2)31(41-26-10-8-7-9-11-26)32(39-23(20)4)40-25-14-16-33(5)24(18-25)12-13-28-29(33)19-30(37)34(6)27(22(3)36)15-17-35(28,34)38/h7-12,20-21,23,25,27-32,37-38H,13-19H2,1-6H3/p+1/t20?,21?,23?,25?,27?,28?,29?,30-,31?,32?,33+,34+,35+/m1/s1. The molecule has 5 nitrogen and oxygen atoms in total. The van der Waals surface area contributed by atoms with Crippen molar-refractivity contribution in [1.82, 2.24) is 0 Å². The Morgan fingerprint density at radius 3 is 2.49 bits per heavy atom. The number of allylic oxidation sites excluding steroid dienone is 1. The first-order valence-electron chi connectivity index (χ1n) is 16.1. The van der Waals surface area contributed by atoms with Crippen LogP contribution in [-0.4, -0.2) is 56.2 Å². The maximum absolute atomic E-state index is 12.6. The minimum absolute atomic E-state index is 0.0634. The van der Waals surface area contributed by atoms with Crippen LogP contribution < -0.4 is 0 Å². The smallest absolute Gasteiger partial charge is 0.277 e. The highest BCUT2D eigenvalue weighted by Crippen LogP contribution is 2.68. The number of hydrogen-bond donors (Lipinski definition) is 2. The van der Waals surface area contributed by atoms with E-state index in [1.54, 1.807) is 6.92 Å². The Hall–Kier alpha value is -1.18. The monoisotopic (exact) mass is 583 g/mol. The largest absolute Gasteiger partial charge is 0.407 e. The van der Waals surface area contributed by atoms with Crippen LogP contribution in [0.2, 0.25) is 0 Å². The molecule has 6 rings (SSSR count). The fourth-order valence-electron chi connectivity index (χ4n) is 9.92. The molecule has 4 aliphatic carbocycles. The first kappa shape index (κ1) is 29.9. The molecule has 1 aliphatic heterocycles. The summed E-state index contributed by atoms with van der Waals surface area (Å²) in [5.74, 6) is 1.13. The van der Waals surface area contributed by atoms with Crippen molar-refractivity contribution < 1.29 is 24.5 Å². The number of carbonyl (C=O) groups excluding carboxylic acids is 1. The number of ether oxygens (including phenoxy) is 2. The van der Waals surface area contributed by atoms with Gasteiger partial charge >= 0.3 is 0 Å². The summed E-state index contributed by atoms with van der Waals surface area (Å²) in [5, 5.41) is 24.1. The maximum atomic E-state index is 12.6. The lowest BCUT2D eigenvalue weighted by atomic mass is 9.45. The topological polar surface area (TPSA) is 79.6 Å². The molecule has 1 aromatic rings. The van der Waals surface area contributed by atoms with E-state index in [-0.39, 0.29) is 52.7 Å². The van der Waals surface area contributed by atoms with Gasteiger partial charge in [0.25, 0.3) is 6.29 Å². The number of aliphatic hydroxyl groups excluding tert-OH is 1. The molecule has 0 spiro atoms. The molecule has 0 bridgehead atoms. The van der Waals surface area contributed by atoms with Gasteiger partial charge in [0.1, 0.15) is 11.0 Å². The Morgan fingerprint density at radius 2 is 1.78 bits per heavy atom. The van der Waals surface area contributed by atoms with E-state index in [1.807, 2.05) is 18.7 Å². The van der Waals surface area contributed by atoms with Crippen molar-refractivity contribution in [2.45, 2.75) is 127 Å². The van der Waals surface area contributed by atoms with Crippen LogP contribution in [0.15, 0.2) is 46.9 Å². The summed E-state index contributed by atoms with van der Waals surface area (Å²) in [4.78, 5) is 13.8. The van der Waals surface area contributed by atoms with Gasteiger partial charge < -0.3 is 19.7 Å². The predicted molar refractivity (Wildman–Crippen MR) is 163 cm³/mol. The van der Waals surface area contributed by atoms with Crippen LogP contribution in [0.4, 0.5) is 0 Å². The lowest BCUT2D eigenvalue weighted by molar-refractivity contribution is -0.319. The normalized spacial score (nSPS) is 49.4. The van der Waals surface area contributed by atoms with Crippen LogP contribution in [0, 0.1) is 40.4 Å². The first-order chi connectivity index (χ1) is 19.4. The Morgan fingerprint density at radius 1 is 1.05 bits per heavy atom. The van der Waals surface area contributed by atoms with Crippen molar-refractivity contribution in [3.8, 4) is 0 Å². The summed E-state index contributed by atoms with van der Waals surface area (Å²) in [6, 6.07) is 10.6. The second-order valence-electron chi connectivity index (χ2n) is 14.7. The average Bonchev–Trinajstić information content (AvgIpc) is 3.23. The second kappa shape index (κ2) is 10.8. The minimum Gasteiger partial charge on any atom is -0.407 e. The van der Waals surface area contributed by atoms with Crippen LogP contribution in [0.25, 0.3) is 0 Å². The van der Waals surface area contributed by atoms with Gasteiger partial charge in [-0.2, -0.15) is 0 Å². The van der Waals surface area contributed by atoms with Gasteiger partial charge in [0.05, 0.1) is 17.8 Å². The number of fused-ring (bicyclic) bond motifs is 5. The molecule has 226 valence electrons. The highest BCUT2D eigenvalue weighted by Gasteiger charge is 2.70. The second-order valence-corrected chi connectivity index (χ2v) is 15.9. The molecule has 0 amide bonds. The Balaban J connectivity index is 1.21. The molecule has 1 heterocycles. The molecule has 1 aromatic carbocycles. The fraction of sp³-hybridized carbons (Fsp3) is 0.743. The summed E-state index contributed by atoms with van der Waals surface area (Å²) in [6.07, 6.45) is 7.61. The van der Waals surface area contributed by atoms with E-state index in [0.29, 0.717) is 31.1 Å². The number of carbonyl (C=O) groups is 1. The van der Waals surface area contributed by atoms with E-state index < -0.39 is 17.1 Å². The molecule has 0 aromatic heterocycles. The molecule has 0 radical (unpaired) electrons. The van der Waals surface area contributed by atoms with Gasteiger partial charge in [0.15, 0.2) is 6.10 Å². The van der Waals surface area contributed by atoms with Gasteiger partial charge in [-0.25, -0.2) is 0 Å². The van der Waals surface area contributed by atoms with E-state index in [1.165, 1.54) is 10.5 Å². The lowest BCUT2D eigenvalue weighted by Crippen LogP contribution is -2.66. The number of rotatable bonds is 5. The molecule has 6 heteroatoms. The van der Waals surface area contributed by atoms with Crippen molar-refractivity contribution in [1.29, 1.82) is 0 Å². The SMILES string of the molecule is CC(=O)C1CC[C@]2(O)C3CC=C4CC(OC5[OH+]C(C)C(C)C(C)C5Sc5ccccc5)CC[C@]4(C)C3C[C@@H](O)[C@]12C. The van der Waals surface area contributed by atoms with E-state index in [9.17, 15) is 15.0 Å². The molecule has 3 N–H and O–H groups in total. The molecule has 41 heavy (non-hydrogen) atoms. The first-order valence-corrected chi connectivity index (χ1v) is 17.0. The number of hydrogen-bond acceptors (Lipinski definition) is 5. The van der Waals surface area contributed by atoms with Gasteiger partial charge in [-0.3, -0.25) is 4.79 Å². The van der Waals surface area contributed by atoms with Crippen LogP contribution in [0.5, 0.6) is 0 Å². The minimum atomic E-state index is -1.00. The zero-order chi connectivity index (χ0) is 29.3. The van der Waals surface area contributed by atoms with E-state index in [2.05, 4.69) is 64.1 Å². The fourth-order valence-corrected chi connectivity index (χ4v) is 11.3. The zero-order valence-electron chi connectivity index (χ0n) is 25.8.